The van der Waals surface area contributed by atoms with Gasteiger partial charge in [0.2, 0.25) is 0 Å². The Morgan fingerprint density at radius 3 is 2.33 bits per heavy atom. The van der Waals surface area contributed by atoms with E-state index in [0.717, 1.165) is 27.9 Å². The molecular formula is C24H21FN4O. The van der Waals surface area contributed by atoms with Crippen LogP contribution in [0.15, 0.2) is 79.1 Å². The molecule has 2 heterocycles. The summed E-state index contributed by atoms with van der Waals surface area (Å²) in [5, 5.41) is 12.3. The Bertz CT molecular complexity index is 1120. The van der Waals surface area contributed by atoms with Crippen LogP contribution in [0.1, 0.15) is 6.42 Å². The number of benzene rings is 2. The smallest absolute Gasteiger partial charge is 0.162 e. The summed E-state index contributed by atoms with van der Waals surface area (Å²) in [5.41, 5.74) is 4.23. The number of nitrogens with one attached hydrogen (secondary N) is 1. The van der Waals surface area contributed by atoms with Crippen molar-refractivity contribution in [3.8, 4) is 33.8 Å². The molecule has 30 heavy (non-hydrogen) atoms. The number of rotatable bonds is 7. The van der Waals surface area contributed by atoms with Crippen LogP contribution in [-0.4, -0.2) is 33.2 Å². The second-order valence-electron chi connectivity index (χ2n) is 6.80. The third-order valence-electron chi connectivity index (χ3n) is 4.61. The standard InChI is InChI=1S/C24H21FN4O/c25-21-9-7-17(8-10-21)19-13-20(16-26-15-19)22-14-23(27-11-4-12-30)29-24(28-22)18-5-2-1-3-6-18/h1-3,5-10,13-16,30H,4,11-12H2,(H,27,28,29). The monoisotopic (exact) mass is 400 g/mol. The Morgan fingerprint density at radius 2 is 1.57 bits per heavy atom. The number of nitrogens with zero attached hydrogens (tertiary/aromatic N) is 3. The van der Waals surface area contributed by atoms with Crippen molar-refractivity contribution in [1.82, 2.24) is 15.0 Å². The quantitative estimate of drug-likeness (QED) is 0.436. The summed E-state index contributed by atoms with van der Waals surface area (Å²) in [6.45, 7) is 0.717. The minimum atomic E-state index is -0.273. The molecule has 5 nitrogen and oxygen atoms in total. The van der Waals surface area contributed by atoms with Crippen molar-refractivity contribution in [2.24, 2.45) is 0 Å². The van der Waals surface area contributed by atoms with E-state index < -0.39 is 0 Å². The zero-order valence-corrected chi connectivity index (χ0v) is 16.3. The number of pyridine rings is 1. The fourth-order valence-corrected chi connectivity index (χ4v) is 3.08. The van der Waals surface area contributed by atoms with Crippen molar-refractivity contribution in [1.29, 1.82) is 0 Å². The lowest BCUT2D eigenvalue weighted by Gasteiger charge is -2.11. The molecule has 0 aliphatic heterocycles. The molecule has 0 unspecified atom stereocenters. The van der Waals surface area contributed by atoms with Gasteiger partial charge in [-0.3, -0.25) is 4.98 Å². The first-order valence-corrected chi connectivity index (χ1v) is 9.73. The van der Waals surface area contributed by atoms with Crippen LogP contribution in [0.25, 0.3) is 33.8 Å². The number of halogens is 1. The second-order valence-corrected chi connectivity index (χ2v) is 6.80. The number of hydrogen-bond donors (Lipinski definition) is 2. The summed E-state index contributed by atoms with van der Waals surface area (Å²) >= 11 is 0. The molecule has 0 bridgehead atoms. The van der Waals surface area contributed by atoms with Crippen LogP contribution in [0.5, 0.6) is 0 Å². The van der Waals surface area contributed by atoms with Crippen LogP contribution in [0.2, 0.25) is 0 Å². The van der Waals surface area contributed by atoms with Crippen LogP contribution in [0, 0.1) is 5.82 Å². The van der Waals surface area contributed by atoms with Crippen molar-refractivity contribution in [3.05, 3.63) is 84.9 Å². The third kappa shape index (κ3) is 4.67. The van der Waals surface area contributed by atoms with E-state index in [2.05, 4.69) is 15.3 Å². The normalized spacial score (nSPS) is 10.7. The van der Waals surface area contributed by atoms with Crippen molar-refractivity contribution < 1.29 is 9.50 Å². The Balaban J connectivity index is 1.74. The predicted molar refractivity (Wildman–Crippen MR) is 116 cm³/mol. The lowest BCUT2D eigenvalue weighted by atomic mass is 10.0. The van der Waals surface area contributed by atoms with Crippen molar-refractivity contribution in [2.75, 3.05) is 18.5 Å². The van der Waals surface area contributed by atoms with Crippen LogP contribution in [0.3, 0.4) is 0 Å². The second kappa shape index (κ2) is 9.24. The molecule has 4 aromatic rings. The van der Waals surface area contributed by atoms with E-state index in [0.29, 0.717) is 24.6 Å². The zero-order valence-electron chi connectivity index (χ0n) is 16.3. The van der Waals surface area contributed by atoms with Gasteiger partial charge < -0.3 is 10.4 Å². The van der Waals surface area contributed by atoms with E-state index in [4.69, 9.17) is 10.1 Å². The van der Waals surface area contributed by atoms with Gasteiger partial charge in [0.15, 0.2) is 5.82 Å². The molecule has 4 rings (SSSR count). The summed E-state index contributed by atoms with van der Waals surface area (Å²) in [6, 6.07) is 19.9. The van der Waals surface area contributed by atoms with Crippen molar-refractivity contribution in [2.45, 2.75) is 6.42 Å². The molecule has 0 spiro atoms. The summed E-state index contributed by atoms with van der Waals surface area (Å²) in [4.78, 5) is 13.7. The topological polar surface area (TPSA) is 70.9 Å². The maximum Gasteiger partial charge on any atom is 0.162 e. The molecule has 2 N–H and O–H groups in total. The summed E-state index contributed by atoms with van der Waals surface area (Å²) < 4.78 is 13.3. The molecule has 0 atom stereocenters. The SMILES string of the molecule is OCCCNc1cc(-c2cncc(-c3ccc(F)cc3)c2)nc(-c2ccccc2)n1. The molecule has 150 valence electrons. The lowest BCUT2D eigenvalue weighted by molar-refractivity contribution is 0.292. The average Bonchev–Trinajstić information content (AvgIpc) is 2.80. The molecule has 0 aliphatic carbocycles. The fourth-order valence-electron chi connectivity index (χ4n) is 3.08. The van der Waals surface area contributed by atoms with Crippen molar-refractivity contribution in [3.63, 3.8) is 0 Å². The van der Waals surface area contributed by atoms with E-state index in [-0.39, 0.29) is 12.4 Å². The van der Waals surface area contributed by atoms with Crippen LogP contribution in [-0.2, 0) is 0 Å². The van der Waals surface area contributed by atoms with Gasteiger partial charge in [-0.2, -0.15) is 0 Å². The van der Waals surface area contributed by atoms with Gasteiger partial charge in [0, 0.05) is 48.3 Å². The Hall–Kier alpha value is -3.64. The first-order chi connectivity index (χ1) is 14.7. The number of aliphatic hydroxyl groups excluding tert-OH is 1. The van der Waals surface area contributed by atoms with Gasteiger partial charge in [-0.25, -0.2) is 14.4 Å². The van der Waals surface area contributed by atoms with E-state index in [1.54, 1.807) is 24.5 Å². The Labute approximate surface area is 174 Å². The van der Waals surface area contributed by atoms with Gasteiger partial charge >= 0.3 is 0 Å². The van der Waals surface area contributed by atoms with E-state index in [9.17, 15) is 4.39 Å². The largest absolute Gasteiger partial charge is 0.396 e. The maximum absolute atomic E-state index is 13.3. The molecule has 0 amide bonds. The number of anilines is 1. The molecular weight excluding hydrogens is 379 g/mol. The first-order valence-electron chi connectivity index (χ1n) is 9.73. The van der Waals surface area contributed by atoms with E-state index in [1.807, 2.05) is 42.5 Å². The molecule has 2 aromatic heterocycles. The zero-order chi connectivity index (χ0) is 20.8. The molecule has 0 saturated carbocycles. The molecule has 0 saturated heterocycles. The minimum Gasteiger partial charge on any atom is -0.396 e. The highest BCUT2D eigenvalue weighted by Gasteiger charge is 2.10. The number of hydrogen-bond acceptors (Lipinski definition) is 5. The lowest BCUT2D eigenvalue weighted by Crippen LogP contribution is -2.06. The van der Waals surface area contributed by atoms with Gasteiger partial charge in [0.1, 0.15) is 11.6 Å². The Morgan fingerprint density at radius 1 is 0.800 bits per heavy atom. The number of aromatic nitrogens is 3. The molecule has 0 aliphatic rings. The van der Waals surface area contributed by atoms with Gasteiger partial charge in [-0.05, 0) is 30.2 Å². The summed E-state index contributed by atoms with van der Waals surface area (Å²) in [6.07, 6.45) is 4.12. The van der Waals surface area contributed by atoms with E-state index >= 15 is 0 Å². The van der Waals surface area contributed by atoms with Crippen LogP contribution in [0.4, 0.5) is 10.2 Å². The third-order valence-corrected chi connectivity index (χ3v) is 4.61. The average molecular weight is 400 g/mol. The number of aliphatic hydroxyl groups is 1. The van der Waals surface area contributed by atoms with Gasteiger partial charge in [-0.1, -0.05) is 42.5 Å². The molecule has 0 fully saturated rings. The van der Waals surface area contributed by atoms with Gasteiger partial charge in [0.05, 0.1) is 5.69 Å². The molecule has 0 radical (unpaired) electrons. The van der Waals surface area contributed by atoms with Gasteiger partial charge in [-0.15, -0.1) is 0 Å². The summed E-state index contributed by atoms with van der Waals surface area (Å²) in [7, 11) is 0. The Kier molecular flexibility index (Phi) is 6.06. The highest BCUT2D eigenvalue weighted by atomic mass is 19.1. The first kappa shape index (κ1) is 19.7. The van der Waals surface area contributed by atoms with Crippen molar-refractivity contribution >= 4 is 5.82 Å². The van der Waals surface area contributed by atoms with Crippen LogP contribution >= 0.6 is 0 Å². The minimum absolute atomic E-state index is 0.111. The highest BCUT2D eigenvalue weighted by Crippen LogP contribution is 2.27. The fraction of sp³-hybridized carbons (Fsp3) is 0.125. The summed E-state index contributed by atoms with van der Waals surface area (Å²) in [5.74, 6) is 1.01. The van der Waals surface area contributed by atoms with E-state index in [1.165, 1.54) is 12.1 Å². The molecule has 6 heteroatoms. The highest BCUT2D eigenvalue weighted by molar-refractivity contribution is 5.72. The maximum atomic E-state index is 13.3. The predicted octanol–water partition coefficient (Wildman–Crippen LogP) is 4.81. The van der Waals surface area contributed by atoms with Crippen LogP contribution < -0.4 is 5.32 Å². The van der Waals surface area contributed by atoms with Gasteiger partial charge in [0.25, 0.3) is 0 Å². The molecule has 2 aromatic carbocycles.